The Morgan fingerprint density at radius 3 is 2.52 bits per heavy atom. The lowest BCUT2D eigenvalue weighted by Gasteiger charge is -2.16. The molecule has 1 amide bonds. The highest BCUT2D eigenvalue weighted by Crippen LogP contribution is 2.27. The SMILES string of the molecule is COc1cc(C(=O)NCCNC2CCCCCC2)ccc1[N+](=O)[O-].Cl. The zero-order valence-electron chi connectivity index (χ0n) is 14.5. The van der Waals surface area contributed by atoms with Gasteiger partial charge in [-0.3, -0.25) is 14.9 Å². The van der Waals surface area contributed by atoms with Gasteiger partial charge in [0.2, 0.25) is 0 Å². The Balaban J connectivity index is 0.00000312. The number of methoxy groups -OCH3 is 1. The molecule has 2 rings (SSSR count). The van der Waals surface area contributed by atoms with E-state index < -0.39 is 4.92 Å². The van der Waals surface area contributed by atoms with E-state index in [1.165, 1.54) is 63.8 Å². The Bertz CT molecular complexity index is 575. The van der Waals surface area contributed by atoms with Crippen molar-refractivity contribution in [2.24, 2.45) is 0 Å². The summed E-state index contributed by atoms with van der Waals surface area (Å²) in [5, 5.41) is 17.2. The summed E-state index contributed by atoms with van der Waals surface area (Å²) in [6.45, 7) is 1.25. The number of carbonyl (C=O) groups excluding carboxylic acids is 1. The quantitative estimate of drug-likeness (QED) is 0.332. The van der Waals surface area contributed by atoms with Crippen molar-refractivity contribution in [3.05, 3.63) is 33.9 Å². The first-order valence-electron chi connectivity index (χ1n) is 8.46. The molecule has 0 saturated heterocycles. The van der Waals surface area contributed by atoms with Crippen LogP contribution in [-0.2, 0) is 0 Å². The Hall–Kier alpha value is -1.86. The molecule has 140 valence electrons. The Morgan fingerprint density at radius 2 is 1.92 bits per heavy atom. The maximum atomic E-state index is 12.1. The van der Waals surface area contributed by atoms with Gasteiger partial charge in [-0.2, -0.15) is 0 Å². The lowest BCUT2D eigenvalue weighted by molar-refractivity contribution is -0.385. The summed E-state index contributed by atoms with van der Waals surface area (Å²) in [6, 6.07) is 4.67. The van der Waals surface area contributed by atoms with Gasteiger partial charge in [-0.25, -0.2) is 0 Å². The van der Waals surface area contributed by atoms with Crippen LogP contribution < -0.4 is 15.4 Å². The fourth-order valence-electron chi connectivity index (χ4n) is 3.01. The van der Waals surface area contributed by atoms with Crippen LogP contribution in [0.1, 0.15) is 48.9 Å². The van der Waals surface area contributed by atoms with Crippen LogP contribution in [-0.4, -0.2) is 37.1 Å². The van der Waals surface area contributed by atoms with E-state index in [9.17, 15) is 14.9 Å². The van der Waals surface area contributed by atoms with Gasteiger partial charge in [-0.15, -0.1) is 12.4 Å². The van der Waals surface area contributed by atoms with Crippen molar-refractivity contribution in [3.8, 4) is 5.75 Å². The third kappa shape index (κ3) is 6.51. The maximum Gasteiger partial charge on any atom is 0.310 e. The molecule has 1 saturated carbocycles. The van der Waals surface area contributed by atoms with Crippen molar-refractivity contribution < 1.29 is 14.5 Å². The van der Waals surface area contributed by atoms with Crippen molar-refractivity contribution in [1.82, 2.24) is 10.6 Å². The summed E-state index contributed by atoms with van der Waals surface area (Å²) in [7, 11) is 1.35. The predicted molar refractivity (Wildman–Crippen MR) is 98.7 cm³/mol. The molecule has 1 aliphatic carbocycles. The molecule has 0 unspecified atom stereocenters. The van der Waals surface area contributed by atoms with Gasteiger partial charge < -0.3 is 15.4 Å². The van der Waals surface area contributed by atoms with E-state index in [2.05, 4.69) is 10.6 Å². The first-order chi connectivity index (χ1) is 11.6. The molecular weight excluding hydrogens is 346 g/mol. The molecule has 7 nitrogen and oxygen atoms in total. The number of hydrogen-bond donors (Lipinski definition) is 2. The van der Waals surface area contributed by atoms with Crippen LogP contribution in [0.25, 0.3) is 0 Å². The Morgan fingerprint density at radius 1 is 1.24 bits per heavy atom. The molecule has 0 heterocycles. The summed E-state index contributed by atoms with van der Waals surface area (Å²) in [5.74, 6) is -0.171. The van der Waals surface area contributed by atoms with Crippen molar-refractivity contribution >= 4 is 24.0 Å². The molecule has 0 spiro atoms. The zero-order valence-corrected chi connectivity index (χ0v) is 15.3. The molecule has 1 aliphatic rings. The summed E-state index contributed by atoms with van der Waals surface area (Å²) < 4.78 is 4.98. The average molecular weight is 372 g/mol. The van der Waals surface area contributed by atoms with E-state index in [0.717, 1.165) is 6.54 Å². The molecule has 25 heavy (non-hydrogen) atoms. The fraction of sp³-hybridized carbons (Fsp3) is 0.588. The monoisotopic (exact) mass is 371 g/mol. The highest BCUT2D eigenvalue weighted by atomic mass is 35.5. The second-order valence-electron chi connectivity index (χ2n) is 6.04. The van der Waals surface area contributed by atoms with Gasteiger partial charge >= 0.3 is 5.69 Å². The smallest absolute Gasteiger partial charge is 0.310 e. The lowest BCUT2D eigenvalue weighted by Crippen LogP contribution is -2.36. The van der Waals surface area contributed by atoms with Gasteiger partial charge in [0.25, 0.3) is 5.91 Å². The third-order valence-corrected chi connectivity index (χ3v) is 4.34. The van der Waals surface area contributed by atoms with Gasteiger partial charge in [0, 0.05) is 36.8 Å². The van der Waals surface area contributed by atoms with Crippen molar-refractivity contribution in [2.75, 3.05) is 20.2 Å². The van der Waals surface area contributed by atoms with E-state index >= 15 is 0 Å². The number of carbonyl (C=O) groups is 1. The van der Waals surface area contributed by atoms with Crippen LogP contribution >= 0.6 is 12.4 Å². The minimum atomic E-state index is -0.531. The number of hydrogen-bond acceptors (Lipinski definition) is 5. The highest BCUT2D eigenvalue weighted by molar-refractivity contribution is 5.95. The number of nitro benzene ring substituents is 1. The van der Waals surface area contributed by atoms with E-state index in [-0.39, 0.29) is 29.8 Å². The molecule has 1 fully saturated rings. The van der Waals surface area contributed by atoms with Gasteiger partial charge in [0.15, 0.2) is 5.75 Å². The summed E-state index contributed by atoms with van der Waals surface area (Å²) in [6.07, 6.45) is 7.58. The van der Waals surface area contributed by atoms with Crippen molar-refractivity contribution in [2.45, 2.75) is 44.6 Å². The van der Waals surface area contributed by atoms with Gasteiger partial charge in [0.1, 0.15) is 0 Å². The molecule has 2 N–H and O–H groups in total. The fourth-order valence-corrected chi connectivity index (χ4v) is 3.01. The lowest BCUT2D eigenvalue weighted by atomic mass is 10.1. The number of halogens is 1. The summed E-state index contributed by atoms with van der Waals surface area (Å²) in [4.78, 5) is 22.5. The minimum Gasteiger partial charge on any atom is -0.490 e. The van der Waals surface area contributed by atoms with Crippen LogP contribution in [0.4, 0.5) is 5.69 Å². The number of rotatable bonds is 7. The number of nitrogens with zero attached hydrogens (tertiary/aromatic N) is 1. The normalized spacial score (nSPS) is 14.9. The molecular formula is C17H26ClN3O4. The second-order valence-corrected chi connectivity index (χ2v) is 6.04. The van der Waals surface area contributed by atoms with E-state index in [0.29, 0.717) is 18.2 Å². The van der Waals surface area contributed by atoms with Gasteiger partial charge in [-0.1, -0.05) is 25.7 Å². The minimum absolute atomic E-state index is 0. The average Bonchev–Trinajstić information content (AvgIpc) is 2.86. The van der Waals surface area contributed by atoms with Crippen LogP contribution in [0.15, 0.2) is 18.2 Å². The Kier molecular flexibility index (Phi) is 9.23. The molecule has 1 aromatic rings. The first-order valence-corrected chi connectivity index (χ1v) is 8.46. The molecule has 0 bridgehead atoms. The molecule has 0 aromatic heterocycles. The van der Waals surface area contributed by atoms with Crippen molar-refractivity contribution in [3.63, 3.8) is 0 Å². The number of benzene rings is 1. The largest absolute Gasteiger partial charge is 0.490 e. The molecule has 0 atom stereocenters. The van der Waals surface area contributed by atoms with Gasteiger partial charge in [-0.05, 0) is 18.9 Å². The highest BCUT2D eigenvalue weighted by Gasteiger charge is 2.17. The zero-order chi connectivity index (χ0) is 17.4. The summed E-state index contributed by atoms with van der Waals surface area (Å²) in [5.41, 5.74) is 0.205. The van der Waals surface area contributed by atoms with Crippen molar-refractivity contribution in [1.29, 1.82) is 0 Å². The van der Waals surface area contributed by atoms with E-state index in [1.807, 2.05) is 0 Å². The number of ether oxygens (including phenoxy) is 1. The maximum absolute atomic E-state index is 12.1. The van der Waals surface area contributed by atoms with Crippen LogP contribution in [0.2, 0.25) is 0 Å². The molecule has 8 heteroatoms. The second kappa shape index (κ2) is 10.9. The van der Waals surface area contributed by atoms with Crippen LogP contribution in [0.5, 0.6) is 5.75 Å². The molecule has 0 aliphatic heterocycles. The Labute approximate surface area is 154 Å². The number of nitro groups is 1. The van der Waals surface area contributed by atoms with Crippen LogP contribution in [0, 0.1) is 10.1 Å². The topological polar surface area (TPSA) is 93.5 Å². The van der Waals surface area contributed by atoms with Gasteiger partial charge in [0.05, 0.1) is 12.0 Å². The third-order valence-electron chi connectivity index (χ3n) is 4.34. The standard InChI is InChI=1S/C17H25N3O4.ClH/c1-24-16-12-13(8-9-15(16)20(22)23)17(21)19-11-10-18-14-6-4-2-3-5-7-14;/h8-9,12,14,18H,2-7,10-11H2,1H3,(H,19,21);1H. The number of nitrogens with one attached hydrogen (secondary N) is 2. The van der Waals surface area contributed by atoms with E-state index in [1.54, 1.807) is 0 Å². The molecule has 1 aromatic carbocycles. The number of amides is 1. The van der Waals surface area contributed by atoms with E-state index in [4.69, 9.17) is 4.74 Å². The predicted octanol–water partition coefficient (Wildman–Crippen LogP) is 3.07. The first kappa shape index (κ1) is 21.2. The molecule has 0 radical (unpaired) electrons. The summed E-state index contributed by atoms with van der Waals surface area (Å²) >= 11 is 0. The van der Waals surface area contributed by atoms with Crippen LogP contribution in [0.3, 0.4) is 0 Å².